The molecule has 7 atom stereocenters. The van der Waals surface area contributed by atoms with Gasteiger partial charge in [-0.2, -0.15) is 8.78 Å². The van der Waals surface area contributed by atoms with Crippen LogP contribution in [-0.2, 0) is 14.3 Å². The van der Waals surface area contributed by atoms with Gasteiger partial charge in [0.15, 0.2) is 17.6 Å². The van der Waals surface area contributed by atoms with E-state index in [1.54, 1.807) is 6.08 Å². The molecule has 0 aromatic heterocycles. The van der Waals surface area contributed by atoms with E-state index >= 15 is 0 Å². The molecule has 1 N–H and O–H groups in total. The number of ether oxygens (including phenoxy) is 3. The molecule has 12 heteroatoms. The fourth-order valence-corrected chi connectivity index (χ4v) is 8.82. The summed E-state index contributed by atoms with van der Waals surface area (Å²) in [6.07, 6.45) is 6.35. The van der Waals surface area contributed by atoms with Crippen LogP contribution < -0.4 is 4.74 Å². The van der Waals surface area contributed by atoms with Crippen LogP contribution in [0.1, 0.15) is 32.1 Å². The monoisotopic (exact) mass is 553 g/mol. The number of carbonyl (C=O) groups excluding carboxylic acids is 1. The number of likely N-dealkylation sites (tertiary alicyclic amines) is 1. The third-order valence-electron chi connectivity index (χ3n) is 10.1. The van der Waals surface area contributed by atoms with Crippen molar-refractivity contribution in [3.63, 3.8) is 0 Å². The summed E-state index contributed by atoms with van der Waals surface area (Å²) in [6, 6.07) is -0.0811. The predicted molar refractivity (Wildman–Crippen MR) is 121 cm³/mol. The van der Waals surface area contributed by atoms with E-state index in [1.165, 1.54) is 0 Å². The molecule has 200 valence electrons. The second-order valence-electron chi connectivity index (χ2n) is 11.6. The normalized spacial score (nSPS) is 41.3. The average molecular weight is 554 g/mol. The van der Waals surface area contributed by atoms with Crippen LogP contribution in [0, 0.1) is 52.3 Å². The average Bonchev–Trinajstić information content (AvgIpc) is 3.64. The quantitative estimate of drug-likeness (QED) is 0.263. The number of halogens is 5. The summed E-state index contributed by atoms with van der Waals surface area (Å²) >= 11 is 4.92. The Balaban J connectivity index is 1.12. The van der Waals surface area contributed by atoms with Crippen molar-refractivity contribution >= 4 is 23.2 Å². The number of aliphatic hydroxyl groups is 1. The maximum atomic E-state index is 14.1. The molecule has 5 saturated carbocycles. The van der Waals surface area contributed by atoms with Gasteiger partial charge >= 0.3 is 5.24 Å². The SMILES string of the molecule is O=C1CC23C[C@@]45C6C(=C(OC(=S)Oc7c(F)c(F)c(F)c(F)c7F)C=CC6C[C@@H](N2CC2CC2)[C@]34O)O[C@@H]15. The number of benzene rings is 1. The molecule has 0 amide bonds. The van der Waals surface area contributed by atoms with Gasteiger partial charge < -0.3 is 19.3 Å². The van der Waals surface area contributed by atoms with Crippen molar-refractivity contribution in [2.24, 2.45) is 23.2 Å². The zero-order valence-electron chi connectivity index (χ0n) is 19.6. The molecule has 2 spiro atoms. The van der Waals surface area contributed by atoms with Crippen molar-refractivity contribution in [1.29, 1.82) is 0 Å². The van der Waals surface area contributed by atoms with E-state index in [1.807, 2.05) is 6.08 Å². The number of fused-ring (bicyclic) bond motifs is 1. The number of hydrogen-bond acceptors (Lipinski definition) is 7. The van der Waals surface area contributed by atoms with E-state index in [-0.39, 0.29) is 41.6 Å². The molecule has 2 aliphatic heterocycles. The smallest absolute Gasteiger partial charge is 0.363 e. The van der Waals surface area contributed by atoms with Crippen LogP contribution in [0.4, 0.5) is 22.0 Å². The van der Waals surface area contributed by atoms with Gasteiger partial charge in [-0.05, 0) is 43.6 Å². The van der Waals surface area contributed by atoms with Crippen molar-refractivity contribution in [2.75, 3.05) is 6.54 Å². The summed E-state index contributed by atoms with van der Waals surface area (Å²) in [5.41, 5.74) is -2.49. The van der Waals surface area contributed by atoms with Crippen LogP contribution in [0.25, 0.3) is 0 Å². The van der Waals surface area contributed by atoms with Crippen LogP contribution in [-0.4, -0.2) is 50.9 Å². The van der Waals surface area contributed by atoms with Crippen LogP contribution >= 0.6 is 12.2 Å². The van der Waals surface area contributed by atoms with Gasteiger partial charge in [0.25, 0.3) is 0 Å². The Hall–Kier alpha value is -2.57. The third kappa shape index (κ3) is 2.35. The minimum absolute atomic E-state index is 0.00501. The number of hydrogen-bond donors (Lipinski definition) is 1. The van der Waals surface area contributed by atoms with Gasteiger partial charge in [-0.1, -0.05) is 6.08 Å². The number of rotatable bonds is 4. The molecule has 2 saturated heterocycles. The molecule has 2 bridgehead atoms. The largest absolute Gasteiger partial charge is 0.482 e. The second-order valence-corrected chi connectivity index (χ2v) is 11.9. The highest BCUT2D eigenvalue weighted by Crippen LogP contribution is 2.83. The summed E-state index contributed by atoms with van der Waals surface area (Å²) in [4.78, 5) is 15.7. The van der Waals surface area contributed by atoms with Crippen molar-refractivity contribution in [2.45, 2.75) is 55.4 Å². The maximum Gasteiger partial charge on any atom is 0.363 e. The molecule has 2 heterocycles. The number of nitrogens with zero attached hydrogens (tertiary/aromatic N) is 1. The first-order valence-corrected chi connectivity index (χ1v) is 13.0. The Kier molecular flexibility index (Phi) is 4.26. The third-order valence-corrected chi connectivity index (χ3v) is 10.2. The number of Topliss-reactive ketones (excluding diaryl/α,β-unsaturated/α-hetero) is 1. The topological polar surface area (TPSA) is 68.2 Å². The Morgan fingerprint density at radius 3 is 2.47 bits per heavy atom. The molecule has 9 rings (SSSR count). The highest BCUT2D eigenvalue weighted by molar-refractivity contribution is 7.79. The van der Waals surface area contributed by atoms with Crippen molar-refractivity contribution in [3.05, 3.63) is 52.8 Å². The van der Waals surface area contributed by atoms with Gasteiger partial charge in [-0.25, -0.2) is 13.2 Å². The number of carbonyl (C=O) groups is 1. The molecule has 38 heavy (non-hydrogen) atoms. The molecule has 6 nitrogen and oxygen atoms in total. The van der Waals surface area contributed by atoms with Gasteiger partial charge in [0.2, 0.25) is 34.8 Å². The number of thiocarbonyl (C=S) groups is 1. The summed E-state index contributed by atoms with van der Waals surface area (Å²) in [5, 5.41) is 11.2. The lowest BCUT2D eigenvalue weighted by Gasteiger charge is -2.87. The van der Waals surface area contributed by atoms with Gasteiger partial charge in [-0.15, -0.1) is 0 Å². The zero-order chi connectivity index (χ0) is 26.5. The maximum absolute atomic E-state index is 14.1. The lowest BCUT2D eigenvalue weighted by molar-refractivity contribution is -0.430. The molecule has 3 unspecified atom stereocenters. The van der Waals surface area contributed by atoms with E-state index in [2.05, 4.69) is 4.90 Å². The highest BCUT2D eigenvalue weighted by atomic mass is 32.1. The molecule has 0 radical (unpaired) electrons. The minimum Gasteiger partial charge on any atom is -0.482 e. The van der Waals surface area contributed by atoms with Gasteiger partial charge in [0.1, 0.15) is 11.4 Å². The van der Waals surface area contributed by atoms with E-state index < -0.39 is 62.7 Å². The Labute approximate surface area is 218 Å². The Bertz CT molecular complexity index is 1420. The van der Waals surface area contributed by atoms with E-state index in [9.17, 15) is 31.9 Å². The first-order chi connectivity index (χ1) is 18.0. The zero-order valence-corrected chi connectivity index (χ0v) is 20.4. The molecule has 1 aromatic carbocycles. The molecular formula is C26H20F5NO5S. The van der Waals surface area contributed by atoms with E-state index in [0.29, 0.717) is 18.8 Å². The molecule has 6 aliphatic carbocycles. The molecule has 1 aromatic rings. The fourth-order valence-electron chi connectivity index (χ4n) is 8.65. The fraction of sp³-hybridized carbons (Fsp3) is 0.538. The van der Waals surface area contributed by atoms with Crippen LogP contribution in [0.2, 0.25) is 0 Å². The van der Waals surface area contributed by atoms with Crippen LogP contribution in [0.5, 0.6) is 5.75 Å². The second kappa shape index (κ2) is 6.95. The van der Waals surface area contributed by atoms with Crippen molar-refractivity contribution in [3.8, 4) is 5.75 Å². The first kappa shape index (κ1) is 23.3. The van der Waals surface area contributed by atoms with E-state index in [4.69, 9.17) is 26.4 Å². The number of ketones is 1. The first-order valence-electron chi connectivity index (χ1n) is 12.6. The summed E-state index contributed by atoms with van der Waals surface area (Å²) < 4.78 is 85.1. The van der Waals surface area contributed by atoms with Gasteiger partial charge in [0, 0.05) is 37.1 Å². The molecule has 7 fully saturated rings. The van der Waals surface area contributed by atoms with Gasteiger partial charge in [0.05, 0.1) is 11.0 Å². The summed E-state index contributed by atoms with van der Waals surface area (Å²) in [7, 11) is 0. The number of allylic oxidation sites excluding steroid dienone is 3. The van der Waals surface area contributed by atoms with E-state index in [0.717, 1.165) is 19.4 Å². The molecule has 8 aliphatic rings. The minimum atomic E-state index is -2.33. The lowest BCUT2D eigenvalue weighted by Crippen LogP contribution is -3.02. The standard InChI is InChI=1S/C26H20F5NO5S/c27-15-16(28)18(30)21(19(31)17(15)29)37-23(38)35-12-4-3-10-5-13-26(34)24(32(13)7-9-1-2-9)6-11(33)22-25(26,8-24)14(10)20(12)36-22/h3-4,9-10,13-14,22,34H,1-2,5-8H2/t10?,13-,14?,22+,24?,25+,26+/m1/s1. The van der Waals surface area contributed by atoms with Crippen molar-refractivity contribution in [1.82, 2.24) is 4.90 Å². The van der Waals surface area contributed by atoms with Crippen LogP contribution in [0.3, 0.4) is 0 Å². The summed E-state index contributed by atoms with van der Waals surface area (Å²) in [6.45, 7) is 0.878. The lowest BCUT2D eigenvalue weighted by atomic mass is 9.26. The molecular weight excluding hydrogens is 533 g/mol. The highest BCUT2D eigenvalue weighted by Gasteiger charge is 2.96. The Morgan fingerprint density at radius 1 is 1.11 bits per heavy atom. The Morgan fingerprint density at radius 2 is 1.79 bits per heavy atom. The van der Waals surface area contributed by atoms with Crippen molar-refractivity contribution < 1.29 is 46.1 Å². The summed E-state index contributed by atoms with van der Waals surface area (Å²) in [5.74, 6) is -12.3. The van der Waals surface area contributed by atoms with Gasteiger partial charge in [-0.3, -0.25) is 9.69 Å². The predicted octanol–water partition coefficient (Wildman–Crippen LogP) is 3.81. The van der Waals surface area contributed by atoms with Crippen LogP contribution in [0.15, 0.2) is 23.7 Å². The number of piperidine rings is 1.